The second kappa shape index (κ2) is 6.08. The van der Waals surface area contributed by atoms with Gasteiger partial charge in [0.05, 0.1) is 12.0 Å². The van der Waals surface area contributed by atoms with Gasteiger partial charge in [0.1, 0.15) is 0 Å². The number of aliphatic hydroxyl groups is 1. The van der Waals surface area contributed by atoms with E-state index in [4.69, 9.17) is 5.11 Å². The number of allylic oxidation sites excluding steroid dienone is 1. The first-order valence-electron chi connectivity index (χ1n) is 5.23. The zero-order valence-electron chi connectivity index (χ0n) is 9.21. The Bertz CT molecular complexity index is 355. The third kappa shape index (κ3) is 3.87. The van der Waals surface area contributed by atoms with E-state index in [9.17, 15) is 9.90 Å². The predicted octanol–water partition coefficient (Wildman–Crippen LogP) is 2.17. The summed E-state index contributed by atoms with van der Waals surface area (Å²) in [6, 6.07) is 9.64. The first kappa shape index (κ1) is 12.5. The van der Waals surface area contributed by atoms with Crippen LogP contribution in [0, 0.1) is 5.92 Å². The van der Waals surface area contributed by atoms with E-state index in [0.717, 1.165) is 5.56 Å². The van der Waals surface area contributed by atoms with Gasteiger partial charge in [-0.15, -0.1) is 0 Å². The minimum Gasteiger partial charge on any atom is -0.481 e. The molecule has 0 amide bonds. The van der Waals surface area contributed by atoms with Crippen LogP contribution >= 0.6 is 0 Å². The molecule has 0 saturated carbocycles. The first-order valence-corrected chi connectivity index (χ1v) is 5.23. The van der Waals surface area contributed by atoms with Crippen molar-refractivity contribution in [3.8, 4) is 0 Å². The predicted molar refractivity (Wildman–Crippen MR) is 62.9 cm³/mol. The summed E-state index contributed by atoms with van der Waals surface area (Å²) >= 11 is 0. The zero-order chi connectivity index (χ0) is 12.0. The summed E-state index contributed by atoms with van der Waals surface area (Å²) in [6.45, 7) is 1.50. The van der Waals surface area contributed by atoms with Crippen LogP contribution < -0.4 is 0 Å². The van der Waals surface area contributed by atoms with Crippen molar-refractivity contribution in [2.24, 2.45) is 5.92 Å². The van der Waals surface area contributed by atoms with E-state index in [1.807, 2.05) is 36.4 Å². The molecular weight excluding hydrogens is 204 g/mol. The molecule has 0 spiro atoms. The molecular formula is C13H16O3. The normalized spacial score (nSPS) is 14.9. The van der Waals surface area contributed by atoms with Gasteiger partial charge in [0.25, 0.3) is 0 Å². The fraction of sp³-hybridized carbons (Fsp3) is 0.308. The van der Waals surface area contributed by atoms with Crippen molar-refractivity contribution < 1.29 is 15.0 Å². The van der Waals surface area contributed by atoms with Gasteiger partial charge in [0.15, 0.2) is 0 Å². The van der Waals surface area contributed by atoms with Crippen LogP contribution in [-0.2, 0) is 4.79 Å². The van der Waals surface area contributed by atoms with Crippen LogP contribution in [0.4, 0.5) is 0 Å². The number of carbonyl (C=O) groups is 1. The van der Waals surface area contributed by atoms with Crippen LogP contribution in [0.25, 0.3) is 6.08 Å². The summed E-state index contributed by atoms with van der Waals surface area (Å²) in [5.74, 6) is -1.70. The Morgan fingerprint density at radius 1 is 1.38 bits per heavy atom. The van der Waals surface area contributed by atoms with E-state index in [-0.39, 0.29) is 0 Å². The molecule has 0 bridgehead atoms. The Morgan fingerprint density at radius 3 is 2.50 bits per heavy atom. The molecule has 1 aromatic rings. The lowest BCUT2D eigenvalue weighted by molar-refractivity contribution is -0.145. The Kier molecular flexibility index (Phi) is 4.73. The Hall–Kier alpha value is -1.61. The van der Waals surface area contributed by atoms with Crippen molar-refractivity contribution in [1.82, 2.24) is 0 Å². The molecule has 1 rings (SSSR count). The summed E-state index contributed by atoms with van der Waals surface area (Å²) in [5, 5.41) is 18.1. The van der Waals surface area contributed by atoms with Gasteiger partial charge < -0.3 is 10.2 Å². The van der Waals surface area contributed by atoms with Gasteiger partial charge in [-0.1, -0.05) is 42.5 Å². The maximum Gasteiger partial charge on any atom is 0.309 e. The van der Waals surface area contributed by atoms with Crippen LogP contribution in [0.3, 0.4) is 0 Å². The van der Waals surface area contributed by atoms with Gasteiger partial charge in [0.2, 0.25) is 0 Å². The van der Waals surface area contributed by atoms with Crippen molar-refractivity contribution in [2.75, 3.05) is 0 Å². The highest BCUT2D eigenvalue weighted by Gasteiger charge is 2.20. The van der Waals surface area contributed by atoms with Crippen LogP contribution in [0.5, 0.6) is 0 Å². The number of rotatable bonds is 5. The van der Waals surface area contributed by atoms with Gasteiger partial charge in [0, 0.05) is 0 Å². The van der Waals surface area contributed by atoms with E-state index in [1.165, 1.54) is 6.92 Å². The molecule has 0 unspecified atom stereocenters. The smallest absolute Gasteiger partial charge is 0.309 e. The average molecular weight is 220 g/mol. The summed E-state index contributed by atoms with van der Waals surface area (Å²) in [5.41, 5.74) is 1.03. The number of hydrogen-bond donors (Lipinski definition) is 2. The third-order valence-electron chi connectivity index (χ3n) is 2.40. The summed E-state index contributed by atoms with van der Waals surface area (Å²) in [6.07, 6.45) is 3.14. The SMILES string of the molecule is C[C@@H](O)[C@@H](CC=Cc1ccccc1)C(=O)O. The Labute approximate surface area is 95.0 Å². The lowest BCUT2D eigenvalue weighted by Gasteiger charge is -2.12. The molecule has 0 aromatic heterocycles. The van der Waals surface area contributed by atoms with Crippen LogP contribution in [0.1, 0.15) is 18.9 Å². The molecule has 0 fully saturated rings. The van der Waals surface area contributed by atoms with E-state index in [0.29, 0.717) is 6.42 Å². The van der Waals surface area contributed by atoms with Gasteiger partial charge in [-0.3, -0.25) is 4.79 Å². The molecule has 0 saturated heterocycles. The fourth-order valence-electron chi connectivity index (χ4n) is 1.42. The second-order valence-corrected chi connectivity index (χ2v) is 3.73. The molecule has 16 heavy (non-hydrogen) atoms. The van der Waals surface area contributed by atoms with E-state index < -0.39 is 18.0 Å². The zero-order valence-corrected chi connectivity index (χ0v) is 9.21. The van der Waals surface area contributed by atoms with E-state index in [1.54, 1.807) is 6.08 Å². The molecule has 2 N–H and O–H groups in total. The van der Waals surface area contributed by atoms with Gasteiger partial charge in [-0.25, -0.2) is 0 Å². The fourth-order valence-corrected chi connectivity index (χ4v) is 1.42. The molecule has 3 heteroatoms. The quantitative estimate of drug-likeness (QED) is 0.799. The molecule has 3 nitrogen and oxygen atoms in total. The molecule has 0 heterocycles. The third-order valence-corrected chi connectivity index (χ3v) is 2.40. The highest BCUT2D eigenvalue weighted by atomic mass is 16.4. The number of carboxylic acid groups (broad SMARTS) is 1. The standard InChI is InChI=1S/C13H16O3/c1-10(14)12(13(15)16)9-5-8-11-6-3-2-4-7-11/h2-8,10,12,14H,9H2,1H3,(H,15,16)/t10-,12-/m1/s1. The van der Waals surface area contributed by atoms with Crippen molar-refractivity contribution >= 4 is 12.0 Å². The molecule has 0 aliphatic heterocycles. The van der Waals surface area contributed by atoms with Crippen molar-refractivity contribution in [2.45, 2.75) is 19.4 Å². The Balaban J connectivity index is 2.56. The summed E-state index contributed by atoms with van der Waals surface area (Å²) in [7, 11) is 0. The van der Waals surface area contributed by atoms with E-state index in [2.05, 4.69) is 0 Å². The lowest BCUT2D eigenvalue weighted by atomic mass is 9.99. The largest absolute Gasteiger partial charge is 0.481 e. The van der Waals surface area contributed by atoms with Crippen LogP contribution in [-0.4, -0.2) is 22.3 Å². The summed E-state index contributed by atoms with van der Waals surface area (Å²) in [4.78, 5) is 10.8. The lowest BCUT2D eigenvalue weighted by Crippen LogP contribution is -2.24. The molecule has 0 aliphatic rings. The van der Waals surface area contributed by atoms with Gasteiger partial charge >= 0.3 is 5.97 Å². The van der Waals surface area contributed by atoms with Crippen LogP contribution in [0.2, 0.25) is 0 Å². The van der Waals surface area contributed by atoms with Gasteiger partial charge in [-0.05, 0) is 18.9 Å². The number of aliphatic hydroxyl groups excluding tert-OH is 1. The average Bonchev–Trinajstić information content (AvgIpc) is 2.24. The minimum atomic E-state index is -0.965. The number of benzene rings is 1. The molecule has 0 radical (unpaired) electrons. The highest BCUT2D eigenvalue weighted by molar-refractivity contribution is 5.71. The first-order chi connectivity index (χ1) is 7.61. The maximum atomic E-state index is 10.8. The monoisotopic (exact) mass is 220 g/mol. The maximum absolute atomic E-state index is 10.8. The Morgan fingerprint density at radius 2 is 2.00 bits per heavy atom. The van der Waals surface area contributed by atoms with Crippen LogP contribution in [0.15, 0.2) is 36.4 Å². The molecule has 0 aliphatic carbocycles. The highest BCUT2D eigenvalue weighted by Crippen LogP contribution is 2.11. The number of aliphatic carboxylic acids is 1. The topological polar surface area (TPSA) is 57.5 Å². The second-order valence-electron chi connectivity index (χ2n) is 3.73. The molecule has 2 atom stereocenters. The number of hydrogen-bond acceptors (Lipinski definition) is 2. The molecule has 86 valence electrons. The van der Waals surface area contributed by atoms with Crippen molar-refractivity contribution in [1.29, 1.82) is 0 Å². The minimum absolute atomic E-state index is 0.335. The van der Waals surface area contributed by atoms with Crippen molar-refractivity contribution in [3.05, 3.63) is 42.0 Å². The summed E-state index contributed by atoms with van der Waals surface area (Å²) < 4.78 is 0. The van der Waals surface area contributed by atoms with E-state index >= 15 is 0 Å². The molecule has 1 aromatic carbocycles. The van der Waals surface area contributed by atoms with Gasteiger partial charge in [-0.2, -0.15) is 0 Å². The van der Waals surface area contributed by atoms with Crippen molar-refractivity contribution in [3.63, 3.8) is 0 Å². The number of carboxylic acids is 1.